The molecular weight excluding hydrogens is 437 g/mol. The lowest BCUT2D eigenvalue weighted by atomic mass is 10.1. The predicted octanol–water partition coefficient (Wildman–Crippen LogP) is 4.03. The van der Waals surface area contributed by atoms with Gasteiger partial charge in [-0.05, 0) is 23.3 Å². The largest absolute Gasteiger partial charge is 0.480 e. The first-order valence-corrected chi connectivity index (χ1v) is 9.32. The number of amides is 1. The normalized spacial score (nSPS) is 17.0. The summed E-state index contributed by atoms with van der Waals surface area (Å²) < 4.78 is 43.4. The van der Waals surface area contributed by atoms with Gasteiger partial charge in [-0.15, -0.1) is 12.4 Å². The molecule has 0 bridgehead atoms. The molecular formula is C21H22ClF3N2O4. The maximum Gasteiger partial charge on any atom is 0.416 e. The predicted molar refractivity (Wildman–Crippen MR) is 109 cm³/mol. The molecule has 10 heteroatoms. The SMILES string of the molecule is Cl.O=C(O)C1CN(C(=O)OCc2ccccc2)CCN1Cc1ccc(C(F)(F)F)cc1. The van der Waals surface area contributed by atoms with Gasteiger partial charge >= 0.3 is 18.2 Å². The van der Waals surface area contributed by atoms with Gasteiger partial charge in [-0.25, -0.2) is 4.79 Å². The van der Waals surface area contributed by atoms with Gasteiger partial charge in [0.15, 0.2) is 0 Å². The first-order valence-electron chi connectivity index (χ1n) is 9.32. The Morgan fingerprint density at radius 2 is 1.65 bits per heavy atom. The molecule has 0 aromatic heterocycles. The Kier molecular flexibility index (Phi) is 8.29. The summed E-state index contributed by atoms with van der Waals surface area (Å²) in [6, 6.07) is 12.8. The minimum atomic E-state index is -4.42. The fourth-order valence-corrected chi connectivity index (χ4v) is 3.25. The van der Waals surface area contributed by atoms with Crippen LogP contribution < -0.4 is 0 Å². The van der Waals surface area contributed by atoms with E-state index in [0.717, 1.165) is 17.7 Å². The summed E-state index contributed by atoms with van der Waals surface area (Å²) in [5.41, 5.74) is 0.628. The van der Waals surface area contributed by atoms with E-state index in [0.29, 0.717) is 5.56 Å². The molecule has 1 fully saturated rings. The fraction of sp³-hybridized carbons (Fsp3) is 0.333. The number of halogens is 4. The molecule has 168 valence electrons. The van der Waals surface area contributed by atoms with E-state index in [4.69, 9.17) is 4.74 Å². The monoisotopic (exact) mass is 458 g/mol. The molecule has 3 rings (SSSR count). The molecule has 0 spiro atoms. The number of alkyl halides is 3. The molecule has 1 saturated heterocycles. The second-order valence-electron chi connectivity index (χ2n) is 7.01. The van der Waals surface area contributed by atoms with Crippen molar-refractivity contribution in [3.05, 3.63) is 71.3 Å². The number of carboxylic acid groups (broad SMARTS) is 1. The summed E-state index contributed by atoms with van der Waals surface area (Å²) in [5, 5.41) is 9.58. The highest BCUT2D eigenvalue weighted by atomic mass is 35.5. The van der Waals surface area contributed by atoms with Crippen LogP contribution in [0, 0.1) is 0 Å². The van der Waals surface area contributed by atoms with E-state index >= 15 is 0 Å². The van der Waals surface area contributed by atoms with Gasteiger partial charge in [-0.3, -0.25) is 9.69 Å². The Bertz CT molecular complexity index is 878. The van der Waals surface area contributed by atoms with Crippen LogP contribution in [0.5, 0.6) is 0 Å². The van der Waals surface area contributed by atoms with E-state index in [2.05, 4.69) is 0 Å². The van der Waals surface area contributed by atoms with Crippen molar-refractivity contribution in [2.75, 3.05) is 19.6 Å². The summed E-state index contributed by atoms with van der Waals surface area (Å²) in [6.07, 6.45) is -5.02. The van der Waals surface area contributed by atoms with Gasteiger partial charge in [0.2, 0.25) is 0 Å². The Morgan fingerprint density at radius 3 is 2.23 bits per heavy atom. The van der Waals surface area contributed by atoms with Crippen LogP contribution in [-0.4, -0.2) is 52.6 Å². The smallest absolute Gasteiger partial charge is 0.416 e. The second kappa shape index (κ2) is 10.5. The van der Waals surface area contributed by atoms with Crippen LogP contribution in [0.2, 0.25) is 0 Å². The van der Waals surface area contributed by atoms with Gasteiger partial charge < -0.3 is 14.7 Å². The van der Waals surface area contributed by atoms with Gasteiger partial charge in [0.25, 0.3) is 0 Å². The molecule has 0 aliphatic carbocycles. The number of piperazine rings is 1. The topological polar surface area (TPSA) is 70.1 Å². The number of hydrogen-bond donors (Lipinski definition) is 1. The number of ether oxygens (including phenoxy) is 1. The van der Waals surface area contributed by atoms with Crippen molar-refractivity contribution in [2.45, 2.75) is 25.4 Å². The highest BCUT2D eigenvalue weighted by Gasteiger charge is 2.35. The molecule has 31 heavy (non-hydrogen) atoms. The minimum Gasteiger partial charge on any atom is -0.480 e. The quantitative estimate of drug-likeness (QED) is 0.732. The van der Waals surface area contributed by atoms with E-state index in [1.165, 1.54) is 17.0 Å². The highest BCUT2D eigenvalue weighted by Crippen LogP contribution is 2.29. The second-order valence-corrected chi connectivity index (χ2v) is 7.01. The third kappa shape index (κ3) is 6.60. The molecule has 0 saturated carbocycles. The Labute approximate surface area is 183 Å². The number of carbonyl (C=O) groups is 2. The van der Waals surface area contributed by atoms with Crippen molar-refractivity contribution in [1.82, 2.24) is 9.80 Å². The summed E-state index contributed by atoms with van der Waals surface area (Å²) in [6.45, 7) is 0.714. The lowest BCUT2D eigenvalue weighted by Crippen LogP contribution is -2.57. The van der Waals surface area contributed by atoms with Crippen LogP contribution >= 0.6 is 12.4 Å². The van der Waals surface area contributed by atoms with Crippen LogP contribution in [0.15, 0.2) is 54.6 Å². The Morgan fingerprint density at radius 1 is 1.00 bits per heavy atom. The number of aliphatic carboxylic acids is 1. The molecule has 1 N–H and O–H groups in total. The zero-order valence-corrected chi connectivity index (χ0v) is 17.2. The van der Waals surface area contributed by atoms with E-state index < -0.39 is 29.8 Å². The summed E-state index contributed by atoms with van der Waals surface area (Å²) in [7, 11) is 0. The maximum absolute atomic E-state index is 12.7. The van der Waals surface area contributed by atoms with Crippen molar-refractivity contribution in [2.24, 2.45) is 0 Å². The number of benzene rings is 2. The zero-order chi connectivity index (χ0) is 21.7. The molecule has 1 amide bonds. The maximum atomic E-state index is 12.7. The fourth-order valence-electron chi connectivity index (χ4n) is 3.25. The van der Waals surface area contributed by atoms with Crippen LogP contribution in [0.3, 0.4) is 0 Å². The summed E-state index contributed by atoms with van der Waals surface area (Å²) >= 11 is 0. The van der Waals surface area contributed by atoms with E-state index in [-0.39, 0.29) is 45.2 Å². The lowest BCUT2D eigenvalue weighted by molar-refractivity contribution is -0.145. The molecule has 2 aromatic carbocycles. The van der Waals surface area contributed by atoms with Gasteiger partial charge in [0.05, 0.1) is 12.1 Å². The molecule has 1 heterocycles. The van der Waals surface area contributed by atoms with Crippen molar-refractivity contribution in [3.8, 4) is 0 Å². The molecule has 1 unspecified atom stereocenters. The van der Waals surface area contributed by atoms with Crippen LogP contribution in [0.1, 0.15) is 16.7 Å². The summed E-state index contributed by atoms with van der Waals surface area (Å²) in [4.78, 5) is 27.0. The van der Waals surface area contributed by atoms with Gasteiger partial charge in [0, 0.05) is 19.6 Å². The Balaban J connectivity index is 0.00000341. The number of carbonyl (C=O) groups excluding carboxylic acids is 1. The van der Waals surface area contributed by atoms with E-state index in [1.807, 2.05) is 30.3 Å². The average molecular weight is 459 g/mol. The molecule has 1 atom stereocenters. The van der Waals surface area contributed by atoms with E-state index in [1.54, 1.807) is 4.90 Å². The zero-order valence-electron chi connectivity index (χ0n) is 16.4. The molecule has 6 nitrogen and oxygen atoms in total. The van der Waals surface area contributed by atoms with Crippen molar-refractivity contribution >= 4 is 24.5 Å². The molecule has 0 radical (unpaired) electrons. The van der Waals surface area contributed by atoms with Crippen LogP contribution in [0.25, 0.3) is 0 Å². The molecule has 1 aliphatic rings. The van der Waals surface area contributed by atoms with Gasteiger partial charge in [-0.2, -0.15) is 13.2 Å². The minimum absolute atomic E-state index is 0. The van der Waals surface area contributed by atoms with E-state index in [9.17, 15) is 27.9 Å². The van der Waals surface area contributed by atoms with Crippen molar-refractivity contribution in [1.29, 1.82) is 0 Å². The third-order valence-electron chi connectivity index (χ3n) is 4.91. The third-order valence-corrected chi connectivity index (χ3v) is 4.91. The number of hydrogen-bond acceptors (Lipinski definition) is 4. The van der Waals surface area contributed by atoms with Crippen molar-refractivity contribution < 1.29 is 32.6 Å². The van der Waals surface area contributed by atoms with Gasteiger partial charge in [0.1, 0.15) is 12.6 Å². The molecule has 2 aromatic rings. The van der Waals surface area contributed by atoms with Crippen molar-refractivity contribution in [3.63, 3.8) is 0 Å². The number of rotatable bonds is 5. The molecule has 1 aliphatic heterocycles. The standard InChI is InChI=1S/C21H21F3N2O4.ClH/c22-21(23,24)17-8-6-15(7-9-17)12-25-10-11-26(13-18(25)19(27)28)20(29)30-14-16-4-2-1-3-5-16;/h1-9,18H,10-14H2,(H,27,28);1H. The van der Waals surface area contributed by atoms with Crippen LogP contribution in [-0.2, 0) is 28.9 Å². The highest BCUT2D eigenvalue weighted by molar-refractivity contribution is 5.85. The first-order chi connectivity index (χ1) is 14.2. The number of nitrogens with zero attached hydrogens (tertiary/aromatic N) is 2. The lowest BCUT2D eigenvalue weighted by Gasteiger charge is -2.38. The van der Waals surface area contributed by atoms with Crippen LogP contribution in [0.4, 0.5) is 18.0 Å². The average Bonchev–Trinajstić information content (AvgIpc) is 2.72. The first kappa shape index (κ1) is 24.5. The Hall–Kier alpha value is -2.78. The number of carboxylic acids is 1. The van der Waals surface area contributed by atoms with Gasteiger partial charge in [-0.1, -0.05) is 42.5 Å². The summed E-state index contributed by atoms with van der Waals surface area (Å²) in [5.74, 6) is -1.11.